The maximum Gasteiger partial charge on any atom is 0.336 e. The van der Waals surface area contributed by atoms with Crippen molar-refractivity contribution in [3.05, 3.63) is 107 Å². The van der Waals surface area contributed by atoms with Gasteiger partial charge in [0.15, 0.2) is 0 Å². The van der Waals surface area contributed by atoms with Gasteiger partial charge < -0.3 is 15.5 Å². The van der Waals surface area contributed by atoms with E-state index in [9.17, 15) is 14.0 Å². The number of rotatable bonds is 6. The lowest BCUT2D eigenvalue weighted by Crippen LogP contribution is -2.23. The average Bonchev–Trinajstić information content (AvgIpc) is 2.75. The van der Waals surface area contributed by atoms with E-state index in [0.717, 1.165) is 0 Å². The van der Waals surface area contributed by atoms with Gasteiger partial charge in [-0.25, -0.2) is 14.0 Å². The highest BCUT2D eigenvalue weighted by Gasteiger charge is 2.14. The van der Waals surface area contributed by atoms with Crippen LogP contribution in [0.1, 0.15) is 57.8 Å². The molecule has 5 nitrogen and oxygen atoms in total. The summed E-state index contributed by atoms with van der Waals surface area (Å²) in [4.78, 5) is 20.9. The molecule has 3 N–H and O–H groups in total. The molecule has 0 amide bonds. The second kappa shape index (κ2) is 10.9. The quantitative estimate of drug-likeness (QED) is 0.513. The number of carbonyl (C=O) groups is 2. The molecule has 156 valence electrons. The molecule has 3 rings (SSSR count). The predicted molar refractivity (Wildman–Crippen MR) is 113 cm³/mol. The molecule has 0 fully saturated rings. The Kier molecular flexibility index (Phi) is 8.26. The van der Waals surface area contributed by atoms with Crippen LogP contribution in [0.3, 0.4) is 0 Å². The predicted octanol–water partition coefficient (Wildman–Crippen LogP) is 5.32. The Bertz CT molecular complexity index is 958. The topological polar surface area (TPSA) is 86.6 Å². The van der Waals surface area contributed by atoms with E-state index in [2.05, 4.69) is 24.4 Å². The minimum Gasteiger partial charge on any atom is -0.478 e. The monoisotopic (exact) mass is 409 g/mol. The van der Waals surface area contributed by atoms with E-state index in [-0.39, 0.29) is 29.0 Å². The number of hydrogen-bond donors (Lipinski definition) is 3. The Labute approximate surface area is 174 Å². The summed E-state index contributed by atoms with van der Waals surface area (Å²) < 4.78 is 13.7. The van der Waals surface area contributed by atoms with Crippen LogP contribution in [0.25, 0.3) is 0 Å². The molecule has 0 aromatic heterocycles. The number of benzene rings is 3. The van der Waals surface area contributed by atoms with Crippen LogP contribution in [-0.4, -0.2) is 22.2 Å². The molecule has 0 unspecified atom stereocenters. The maximum absolute atomic E-state index is 13.7. The van der Waals surface area contributed by atoms with Crippen molar-refractivity contribution in [2.24, 2.45) is 0 Å². The van der Waals surface area contributed by atoms with Gasteiger partial charge in [-0.15, -0.1) is 0 Å². The molecule has 0 aliphatic rings. The molecule has 0 radical (unpaired) electrons. The van der Waals surface area contributed by atoms with E-state index in [1.54, 1.807) is 6.07 Å². The van der Waals surface area contributed by atoms with Crippen molar-refractivity contribution in [3.8, 4) is 0 Å². The number of aromatic carboxylic acids is 2. The Morgan fingerprint density at radius 3 is 1.70 bits per heavy atom. The number of halogens is 1. The Morgan fingerprint density at radius 2 is 1.20 bits per heavy atom. The van der Waals surface area contributed by atoms with Crippen molar-refractivity contribution in [3.63, 3.8) is 0 Å². The van der Waals surface area contributed by atoms with Gasteiger partial charge in [-0.3, -0.25) is 0 Å². The third kappa shape index (κ3) is 6.25. The van der Waals surface area contributed by atoms with E-state index in [0.29, 0.717) is 5.56 Å². The summed E-state index contributed by atoms with van der Waals surface area (Å²) >= 11 is 0. The van der Waals surface area contributed by atoms with E-state index in [1.165, 1.54) is 35.9 Å². The fraction of sp³-hybridized carbons (Fsp3) is 0.167. The van der Waals surface area contributed by atoms with Crippen molar-refractivity contribution in [1.82, 2.24) is 5.32 Å². The second-order valence-corrected chi connectivity index (χ2v) is 6.70. The number of hydrogen-bond acceptors (Lipinski definition) is 3. The summed E-state index contributed by atoms with van der Waals surface area (Å²) in [6.45, 7) is 4.07. The lowest BCUT2D eigenvalue weighted by Gasteiger charge is -2.21. The minimum absolute atomic E-state index is 0.0126. The van der Waals surface area contributed by atoms with Crippen LogP contribution in [0, 0.1) is 5.82 Å². The molecule has 0 saturated carbocycles. The summed E-state index contributed by atoms with van der Waals surface area (Å²) in [7, 11) is 0. The van der Waals surface area contributed by atoms with Crippen LogP contribution >= 0.6 is 0 Å². The third-order valence-corrected chi connectivity index (χ3v) is 4.56. The summed E-state index contributed by atoms with van der Waals surface area (Å²) in [5.41, 5.74) is 1.54. The summed E-state index contributed by atoms with van der Waals surface area (Å²) in [6, 6.07) is 22.7. The minimum atomic E-state index is -1.23. The highest BCUT2D eigenvalue weighted by atomic mass is 19.1. The average molecular weight is 409 g/mol. The van der Waals surface area contributed by atoms with Gasteiger partial charge in [-0.2, -0.15) is 0 Å². The van der Waals surface area contributed by atoms with Crippen LogP contribution in [-0.2, 0) is 0 Å². The zero-order valence-electron chi connectivity index (χ0n) is 16.7. The summed E-state index contributed by atoms with van der Waals surface area (Å²) in [5.74, 6) is -2.61. The van der Waals surface area contributed by atoms with E-state index in [4.69, 9.17) is 10.2 Å². The normalized spacial score (nSPS) is 12.2. The van der Waals surface area contributed by atoms with Gasteiger partial charge in [-0.1, -0.05) is 60.7 Å². The molecular weight excluding hydrogens is 385 g/mol. The molecule has 30 heavy (non-hydrogen) atoms. The van der Waals surface area contributed by atoms with Crippen molar-refractivity contribution < 1.29 is 24.2 Å². The first kappa shape index (κ1) is 22.8. The van der Waals surface area contributed by atoms with Crippen LogP contribution in [0.15, 0.2) is 78.9 Å². The summed E-state index contributed by atoms with van der Waals surface area (Å²) in [6.07, 6.45) is 0. The third-order valence-electron chi connectivity index (χ3n) is 4.56. The van der Waals surface area contributed by atoms with Gasteiger partial charge >= 0.3 is 11.9 Å². The zero-order valence-corrected chi connectivity index (χ0v) is 16.7. The van der Waals surface area contributed by atoms with Gasteiger partial charge in [0, 0.05) is 17.6 Å². The van der Waals surface area contributed by atoms with Gasteiger partial charge in [-0.05, 0) is 37.6 Å². The molecule has 3 aromatic rings. The molecule has 6 heteroatoms. The van der Waals surface area contributed by atoms with E-state index < -0.39 is 11.9 Å². The zero-order chi connectivity index (χ0) is 22.1. The van der Waals surface area contributed by atoms with Crippen molar-refractivity contribution in [1.29, 1.82) is 0 Å². The molecule has 2 atom stereocenters. The lowest BCUT2D eigenvalue weighted by atomic mass is 10.0. The highest BCUT2D eigenvalue weighted by Crippen LogP contribution is 2.21. The molecule has 3 aromatic carbocycles. The van der Waals surface area contributed by atoms with Crippen LogP contribution in [0.2, 0.25) is 0 Å². The first-order valence-corrected chi connectivity index (χ1v) is 9.42. The van der Waals surface area contributed by atoms with E-state index in [1.807, 2.05) is 37.3 Å². The number of nitrogens with one attached hydrogen (secondary N) is 1. The first-order valence-electron chi connectivity index (χ1n) is 9.42. The fourth-order valence-corrected chi connectivity index (χ4v) is 2.99. The highest BCUT2D eigenvalue weighted by molar-refractivity contribution is 6.01. The largest absolute Gasteiger partial charge is 0.478 e. The van der Waals surface area contributed by atoms with Gasteiger partial charge in [0.2, 0.25) is 0 Å². The SMILES string of the molecule is C[C@H](N[C@@H](C)c1ccccc1F)c1ccccc1.O=C(O)c1ccccc1C(=O)O. The molecule has 0 heterocycles. The van der Waals surface area contributed by atoms with Crippen molar-refractivity contribution >= 4 is 11.9 Å². The maximum atomic E-state index is 13.7. The van der Waals surface area contributed by atoms with Crippen molar-refractivity contribution in [2.75, 3.05) is 0 Å². The molecule has 0 bridgehead atoms. The molecule has 0 saturated heterocycles. The smallest absolute Gasteiger partial charge is 0.336 e. The fourth-order valence-electron chi connectivity index (χ4n) is 2.99. The number of carboxylic acids is 2. The molecule has 0 aliphatic carbocycles. The molecule has 0 spiro atoms. The van der Waals surface area contributed by atoms with Crippen LogP contribution in [0.5, 0.6) is 0 Å². The first-order chi connectivity index (χ1) is 14.3. The standard InChI is InChI=1S/C16H18FN.C8H6O4/c1-12(14-8-4-3-5-9-14)18-13(2)15-10-6-7-11-16(15)17;9-7(10)5-3-1-2-4-6(5)8(11)12/h3-13,18H,1-2H3;1-4H,(H,9,10)(H,11,12)/t12-,13-;/m0./s1. The second-order valence-electron chi connectivity index (χ2n) is 6.70. The lowest BCUT2D eigenvalue weighted by molar-refractivity contribution is 0.0651. The van der Waals surface area contributed by atoms with Crippen molar-refractivity contribution in [2.45, 2.75) is 25.9 Å². The van der Waals surface area contributed by atoms with Gasteiger partial charge in [0.05, 0.1) is 11.1 Å². The molecule has 0 aliphatic heterocycles. The van der Waals surface area contributed by atoms with Gasteiger partial charge in [0.1, 0.15) is 5.82 Å². The Balaban J connectivity index is 0.000000232. The van der Waals surface area contributed by atoms with E-state index >= 15 is 0 Å². The molecular formula is C24H24FNO4. The van der Waals surface area contributed by atoms with Crippen LogP contribution < -0.4 is 5.32 Å². The Morgan fingerprint density at radius 1 is 0.733 bits per heavy atom. The van der Waals surface area contributed by atoms with Crippen LogP contribution in [0.4, 0.5) is 4.39 Å². The summed E-state index contributed by atoms with van der Waals surface area (Å²) in [5, 5.41) is 20.5. The van der Waals surface area contributed by atoms with Gasteiger partial charge in [0.25, 0.3) is 0 Å². The number of carboxylic acid groups (broad SMARTS) is 2. The Hall–Kier alpha value is -3.51.